The predicted molar refractivity (Wildman–Crippen MR) is 212 cm³/mol. The Hall–Kier alpha value is -2.10. The summed E-state index contributed by atoms with van der Waals surface area (Å²) in [6.07, 6.45) is 14.2. The Balaban J connectivity index is 1.69. The zero-order valence-electron chi connectivity index (χ0n) is 35.7. The highest BCUT2D eigenvalue weighted by Gasteiger charge is 2.28. The molecule has 0 N–H and O–H groups in total. The molecule has 18 heteroatoms. The highest BCUT2D eigenvalue weighted by Crippen LogP contribution is 2.29. The summed E-state index contributed by atoms with van der Waals surface area (Å²) in [5.41, 5.74) is 0. The number of halogens is 5. The van der Waals surface area contributed by atoms with Gasteiger partial charge in [0, 0.05) is 6.61 Å². The fourth-order valence-electron chi connectivity index (χ4n) is 5.16. The maximum absolute atomic E-state index is 13.6. The zero-order chi connectivity index (χ0) is 43.6. The fourth-order valence-corrected chi connectivity index (χ4v) is 5.16. The minimum atomic E-state index is -2.35. The van der Waals surface area contributed by atoms with Crippen LogP contribution in [0.5, 0.6) is 5.75 Å². The molecule has 0 spiro atoms. The molecule has 1 rings (SSSR count). The molecule has 0 saturated carbocycles. The van der Waals surface area contributed by atoms with Gasteiger partial charge in [0.25, 0.3) is 0 Å². The third kappa shape index (κ3) is 32.6. The van der Waals surface area contributed by atoms with Gasteiger partial charge < -0.3 is 56.8 Å². The molecule has 0 atom stereocenters. The van der Waals surface area contributed by atoms with Crippen molar-refractivity contribution >= 4 is 5.97 Å². The standard InChI is InChI=1S/C42H71F5O13/c1-2-3-4-5-6-7-8-9-10-11-12-14-49-16-18-51-20-22-53-24-26-55-28-30-57-32-34-59-35-33-58-31-29-56-27-25-54-23-21-52-19-17-50-15-13-36(48)60-42-40(46)38(44)37(43)39(45)41(42)47/h2-35H2,1H3. The first-order valence-electron chi connectivity index (χ1n) is 21.5. The Labute approximate surface area is 353 Å². The smallest absolute Gasteiger partial charge is 0.313 e. The average Bonchev–Trinajstić information content (AvgIpc) is 3.25. The van der Waals surface area contributed by atoms with Crippen molar-refractivity contribution < 1.29 is 83.6 Å². The lowest BCUT2D eigenvalue weighted by Gasteiger charge is -2.09. The van der Waals surface area contributed by atoms with Gasteiger partial charge in [-0.25, -0.2) is 13.2 Å². The third-order valence-corrected chi connectivity index (χ3v) is 8.45. The summed E-state index contributed by atoms with van der Waals surface area (Å²) in [4.78, 5) is 11.7. The van der Waals surface area contributed by atoms with Crippen molar-refractivity contribution in [3.8, 4) is 5.75 Å². The average molecular weight is 879 g/mol. The monoisotopic (exact) mass is 878 g/mol. The van der Waals surface area contributed by atoms with E-state index in [9.17, 15) is 26.7 Å². The summed E-state index contributed by atoms with van der Waals surface area (Å²) in [5.74, 6) is -14.1. The topological polar surface area (TPSA) is 128 Å². The van der Waals surface area contributed by atoms with E-state index in [4.69, 9.17) is 52.1 Å². The van der Waals surface area contributed by atoms with Gasteiger partial charge in [-0.15, -0.1) is 0 Å². The van der Waals surface area contributed by atoms with Gasteiger partial charge in [0.15, 0.2) is 0 Å². The van der Waals surface area contributed by atoms with Crippen LogP contribution in [0.2, 0.25) is 0 Å². The molecule has 0 amide bonds. The van der Waals surface area contributed by atoms with E-state index < -0.39 is 47.2 Å². The molecule has 0 unspecified atom stereocenters. The molecular weight excluding hydrogens is 807 g/mol. The second kappa shape index (κ2) is 42.2. The Morgan fingerprint density at radius 2 is 0.550 bits per heavy atom. The SMILES string of the molecule is CCCCCCCCCCCCCOCCOCCOCCOCCOCCOCCOCCOCCOCCOCCOCCC(=O)Oc1c(F)c(F)c(F)c(F)c1F. The van der Waals surface area contributed by atoms with E-state index in [2.05, 4.69) is 11.7 Å². The molecule has 60 heavy (non-hydrogen) atoms. The molecule has 0 saturated heterocycles. The number of unbranched alkanes of at least 4 members (excludes halogenated alkanes) is 10. The lowest BCUT2D eigenvalue weighted by molar-refractivity contribution is -0.136. The number of hydrogen-bond donors (Lipinski definition) is 0. The van der Waals surface area contributed by atoms with Crippen LogP contribution in [-0.4, -0.2) is 151 Å². The largest absolute Gasteiger partial charge is 0.420 e. The van der Waals surface area contributed by atoms with E-state index in [-0.39, 0.29) is 26.4 Å². The normalized spacial score (nSPS) is 11.6. The van der Waals surface area contributed by atoms with Crippen molar-refractivity contribution in [1.82, 2.24) is 0 Å². The Morgan fingerprint density at radius 1 is 0.317 bits per heavy atom. The first-order valence-corrected chi connectivity index (χ1v) is 21.5. The molecule has 0 aliphatic rings. The number of rotatable bonds is 46. The highest BCUT2D eigenvalue weighted by molar-refractivity contribution is 5.72. The van der Waals surface area contributed by atoms with Gasteiger partial charge in [-0.3, -0.25) is 4.79 Å². The van der Waals surface area contributed by atoms with Crippen LogP contribution in [0.25, 0.3) is 0 Å². The first-order chi connectivity index (χ1) is 29.4. The van der Waals surface area contributed by atoms with Crippen molar-refractivity contribution in [3.05, 3.63) is 29.1 Å². The lowest BCUT2D eigenvalue weighted by atomic mass is 10.1. The van der Waals surface area contributed by atoms with E-state index in [0.29, 0.717) is 112 Å². The van der Waals surface area contributed by atoms with E-state index in [1.165, 1.54) is 64.2 Å². The number of esters is 1. The fraction of sp³-hybridized carbons (Fsp3) is 0.833. The highest BCUT2D eigenvalue weighted by atomic mass is 19.2. The molecule has 0 radical (unpaired) electrons. The van der Waals surface area contributed by atoms with Crippen LogP contribution in [0.3, 0.4) is 0 Å². The number of carbonyl (C=O) groups is 1. The van der Waals surface area contributed by atoms with Crippen molar-refractivity contribution in [1.29, 1.82) is 0 Å². The van der Waals surface area contributed by atoms with Crippen molar-refractivity contribution in [2.45, 2.75) is 84.0 Å². The van der Waals surface area contributed by atoms with Gasteiger partial charge in [0.1, 0.15) is 0 Å². The number of benzene rings is 1. The van der Waals surface area contributed by atoms with Crippen LogP contribution in [-0.2, 0) is 56.9 Å². The van der Waals surface area contributed by atoms with E-state index in [0.717, 1.165) is 13.0 Å². The van der Waals surface area contributed by atoms with Crippen LogP contribution >= 0.6 is 0 Å². The van der Waals surface area contributed by atoms with Crippen LogP contribution in [0.4, 0.5) is 22.0 Å². The van der Waals surface area contributed by atoms with E-state index in [1.54, 1.807) is 0 Å². The molecule has 0 aliphatic heterocycles. The Bertz CT molecular complexity index is 1110. The molecule has 0 fully saturated rings. The molecule has 13 nitrogen and oxygen atoms in total. The third-order valence-electron chi connectivity index (χ3n) is 8.45. The van der Waals surface area contributed by atoms with Crippen molar-refractivity contribution in [2.75, 3.05) is 145 Å². The summed E-state index contributed by atoms with van der Waals surface area (Å²) in [6.45, 7) is 11.3. The molecule has 0 heterocycles. The molecule has 1 aromatic rings. The van der Waals surface area contributed by atoms with Gasteiger partial charge in [-0.2, -0.15) is 8.78 Å². The number of carbonyl (C=O) groups excluding carboxylic acids is 1. The quantitative estimate of drug-likeness (QED) is 0.0164. The predicted octanol–water partition coefficient (Wildman–Crippen LogP) is 7.17. The summed E-state index contributed by atoms with van der Waals surface area (Å²) in [5, 5.41) is 0. The summed E-state index contributed by atoms with van der Waals surface area (Å²) in [6, 6.07) is 0. The van der Waals surface area contributed by atoms with Crippen LogP contribution in [0.15, 0.2) is 0 Å². The maximum atomic E-state index is 13.6. The van der Waals surface area contributed by atoms with Gasteiger partial charge in [0.2, 0.25) is 34.8 Å². The van der Waals surface area contributed by atoms with Crippen LogP contribution < -0.4 is 4.74 Å². The van der Waals surface area contributed by atoms with Gasteiger partial charge >= 0.3 is 5.97 Å². The summed E-state index contributed by atoms with van der Waals surface area (Å²) >= 11 is 0. The molecular formula is C42H71F5O13. The van der Waals surface area contributed by atoms with Gasteiger partial charge in [0.05, 0.1) is 145 Å². The second-order valence-corrected chi connectivity index (χ2v) is 13.4. The van der Waals surface area contributed by atoms with Crippen molar-refractivity contribution in [2.24, 2.45) is 0 Å². The van der Waals surface area contributed by atoms with Crippen molar-refractivity contribution in [3.63, 3.8) is 0 Å². The van der Waals surface area contributed by atoms with Gasteiger partial charge in [-0.1, -0.05) is 71.1 Å². The zero-order valence-corrected chi connectivity index (χ0v) is 35.7. The maximum Gasteiger partial charge on any atom is 0.313 e. The van der Waals surface area contributed by atoms with Crippen LogP contribution in [0.1, 0.15) is 84.0 Å². The van der Waals surface area contributed by atoms with Gasteiger partial charge in [-0.05, 0) is 6.42 Å². The number of hydrogen-bond acceptors (Lipinski definition) is 13. The van der Waals surface area contributed by atoms with E-state index >= 15 is 0 Å². The summed E-state index contributed by atoms with van der Waals surface area (Å²) in [7, 11) is 0. The Morgan fingerprint density at radius 3 is 0.850 bits per heavy atom. The lowest BCUT2D eigenvalue weighted by Crippen LogP contribution is -2.16. The second-order valence-electron chi connectivity index (χ2n) is 13.4. The molecule has 0 bridgehead atoms. The number of ether oxygens (including phenoxy) is 12. The van der Waals surface area contributed by atoms with E-state index in [1.807, 2.05) is 0 Å². The van der Waals surface area contributed by atoms with Crippen LogP contribution in [0, 0.1) is 29.1 Å². The molecule has 0 aliphatic carbocycles. The minimum absolute atomic E-state index is 0.0817. The summed E-state index contributed by atoms with van der Waals surface area (Å²) < 4.78 is 131. The molecule has 352 valence electrons. The molecule has 0 aromatic heterocycles. The Kier molecular flexibility index (Phi) is 39.3. The molecule has 1 aromatic carbocycles. The first kappa shape index (κ1) is 55.9. The minimum Gasteiger partial charge on any atom is -0.420 e.